The second-order valence-corrected chi connectivity index (χ2v) is 5.23. The Balaban J connectivity index is 1.95. The molecule has 1 heterocycles. The van der Waals surface area contributed by atoms with E-state index in [1.807, 2.05) is 0 Å². The minimum atomic E-state index is 0.373. The molecular formula is C9H16BrNO. The zero-order chi connectivity index (χ0) is 8.55. The fraction of sp³-hybridized carbons (Fsp3) is 1.00. The fourth-order valence-electron chi connectivity index (χ4n) is 2.53. The molecule has 1 aliphatic heterocycles. The second kappa shape index (κ2) is 3.64. The predicted molar refractivity (Wildman–Crippen MR) is 52.4 cm³/mol. The molecular weight excluding hydrogens is 218 g/mol. The van der Waals surface area contributed by atoms with Gasteiger partial charge >= 0.3 is 0 Å². The van der Waals surface area contributed by atoms with Crippen LogP contribution in [0.25, 0.3) is 0 Å². The molecule has 2 fully saturated rings. The van der Waals surface area contributed by atoms with E-state index in [-0.39, 0.29) is 0 Å². The third-order valence-electron chi connectivity index (χ3n) is 3.31. The van der Waals surface area contributed by atoms with E-state index in [0.717, 1.165) is 12.5 Å². The van der Waals surface area contributed by atoms with E-state index in [9.17, 15) is 0 Å². The standard InChI is InChI=1S/C9H16BrNO/c10-8-4-11-9-3-6(5-12)1-2-7(8)9/h6-9,11-12H,1-5H2. The van der Waals surface area contributed by atoms with Crippen LogP contribution in [0.4, 0.5) is 0 Å². The predicted octanol–water partition coefficient (Wildman–Crippen LogP) is 1.13. The van der Waals surface area contributed by atoms with Gasteiger partial charge in [-0.05, 0) is 31.1 Å². The Morgan fingerprint density at radius 3 is 3.00 bits per heavy atom. The molecule has 1 saturated heterocycles. The minimum Gasteiger partial charge on any atom is -0.396 e. The number of aliphatic hydroxyl groups is 1. The summed E-state index contributed by atoms with van der Waals surface area (Å²) in [5.74, 6) is 1.37. The number of alkyl halides is 1. The van der Waals surface area contributed by atoms with Crippen molar-refractivity contribution < 1.29 is 5.11 Å². The Kier molecular flexibility index (Phi) is 2.72. The van der Waals surface area contributed by atoms with E-state index in [2.05, 4.69) is 21.2 Å². The quantitative estimate of drug-likeness (QED) is 0.666. The van der Waals surface area contributed by atoms with E-state index in [1.54, 1.807) is 0 Å². The number of fused-ring (bicyclic) bond motifs is 1. The second-order valence-electron chi connectivity index (χ2n) is 4.06. The first-order chi connectivity index (χ1) is 5.81. The molecule has 0 spiro atoms. The molecule has 2 aliphatic rings. The molecule has 0 amide bonds. The monoisotopic (exact) mass is 233 g/mol. The highest BCUT2D eigenvalue weighted by molar-refractivity contribution is 9.09. The minimum absolute atomic E-state index is 0.373. The summed E-state index contributed by atoms with van der Waals surface area (Å²) >= 11 is 3.70. The van der Waals surface area contributed by atoms with Gasteiger partial charge in [0, 0.05) is 24.0 Å². The normalized spacial score (nSPS) is 47.5. The first-order valence-electron chi connectivity index (χ1n) is 4.79. The summed E-state index contributed by atoms with van der Waals surface area (Å²) in [5.41, 5.74) is 0. The molecule has 0 aromatic heterocycles. The number of rotatable bonds is 1. The van der Waals surface area contributed by atoms with E-state index in [1.165, 1.54) is 19.3 Å². The highest BCUT2D eigenvalue weighted by atomic mass is 79.9. The van der Waals surface area contributed by atoms with Gasteiger partial charge in [-0.3, -0.25) is 0 Å². The Morgan fingerprint density at radius 1 is 1.42 bits per heavy atom. The van der Waals surface area contributed by atoms with Gasteiger partial charge < -0.3 is 10.4 Å². The Morgan fingerprint density at radius 2 is 2.25 bits per heavy atom. The summed E-state index contributed by atoms with van der Waals surface area (Å²) in [4.78, 5) is 0.669. The number of nitrogens with one attached hydrogen (secondary N) is 1. The van der Waals surface area contributed by atoms with Gasteiger partial charge in [-0.1, -0.05) is 15.9 Å². The van der Waals surface area contributed by atoms with Crippen molar-refractivity contribution in [2.75, 3.05) is 13.2 Å². The van der Waals surface area contributed by atoms with Gasteiger partial charge in [0.05, 0.1) is 0 Å². The van der Waals surface area contributed by atoms with Crippen LogP contribution in [0.15, 0.2) is 0 Å². The van der Waals surface area contributed by atoms with Crippen LogP contribution in [0.3, 0.4) is 0 Å². The molecule has 2 N–H and O–H groups in total. The maximum atomic E-state index is 9.04. The van der Waals surface area contributed by atoms with Gasteiger partial charge in [0.2, 0.25) is 0 Å². The van der Waals surface area contributed by atoms with Crippen molar-refractivity contribution in [1.29, 1.82) is 0 Å². The number of aliphatic hydroxyl groups excluding tert-OH is 1. The molecule has 1 saturated carbocycles. The van der Waals surface area contributed by atoms with Crippen LogP contribution in [0.2, 0.25) is 0 Å². The third kappa shape index (κ3) is 1.54. The Bertz CT molecular complexity index is 165. The fourth-order valence-corrected chi connectivity index (χ4v) is 3.35. The molecule has 4 unspecified atom stereocenters. The maximum Gasteiger partial charge on any atom is 0.0459 e. The molecule has 1 aliphatic carbocycles. The van der Waals surface area contributed by atoms with Gasteiger partial charge in [0.15, 0.2) is 0 Å². The number of halogens is 1. The molecule has 0 aromatic rings. The van der Waals surface area contributed by atoms with Crippen molar-refractivity contribution in [3.63, 3.8) is 0 Å². The lowest BCUT2D eigenvalue weighted by Crippen LogP contribution is -2.35. The maximum absolute atomic E-state index is 9.04. The molecule has 2 rings (SSSR count). The number of hydrogen-bond donors (Lipinski definition) is 2. The largest absolute Gasteiger partial charge is 0.396 e. The van der Waals surface area contributed by atoms with Crippen molar-refractivity contribution in [3.8, 4) is 0 Å². The third-order valence-corrected chi connectivity index (χ3v) is 4.31. The lowest BCUT2D eigenvalue weighted by atomic mass is 9.79. The lowest BCUT2D eigenvalue weighted by molar-refractivity contribution is 0.157. The highest BCUT2D eigenvalue weighted by Gasteiger charge is 2.38. The first kappa shape index (κ1) is 8.97. The lowest BCUT2D eigenvalue weighted by Gasteiger charge is -2.31. The molecule has 70 valence electrons. The van der Waals surface area contributed by atoms with Crippen LogP contribution >= 0.6 is 15.9 Å². The van der Waals surface area contributed by atoms with Gasteiger partial charge in [-0.2, -0.15) is 0 Å². The average Bonchev–Trinajstić information content (AvgIpc) is 2.47. The van der Waals surface area contributed by atoms with Crippen molar-refractivity contribution in [3.05, 3.63) is 0 Å². The molecule has 0 radical (unpaired) electrons. The highest BCUT2D eigenvalue weighted by Crippen LogP contribution is 2.36. The summed E-state index contributed by atoms with van der Waals surface area (Å²) in [6, 6.07) is 0.667. The van der Waals surface area contributed by atoms with Gasteiger partial charge in [-0.25, -0.2) is 0 Å². The van der Waals surface area contributed by atoms with Crippen LogP contribution in [0.5, 0.6) is 0 Å². The summed E-state index contributed by atoms with van der Waals surface area (Å²) < 4.78 is 0. The Labute approximate surface area is 81.9 Å². The average molecular weight is 234 g/mol. The van der Waals surface area contributed by atoms with Crippen molar-refractivity contribution in [2.24, 2.45) is 11.8 Å². The van der Waals surface area contributed by atoms with Gasteiger partial charge in [-0.15, -0.1) is 0 Å². The number of hydrogen-bond acceptors (Lipinski definition) is 2. The van der Waals surface area contributed by atoms with E-state index in [0.29, 0.717) is 23.4 Å². The molecule has 0 aromatic carbocycles. The summed E-state index contributed by atoms with van der Waals surface area (Å²) in [6.07, 6.45) is 3.66. The van der Waals surface area contributed by atoms with E-state index in [4.69, 9.17) is 5.11 Å². The Hall–Kier alpha value is 0.400. The zero-order valence-electron chi connectivity index (χ0n) is 7.17. The summed E-state index contributed by atoms with van der Waals surface area (Å²) in [6.45, 7) is 1.48. The van der Waals surface area contributed by atoms with Crippen LogP contribution < -0.4 is 5.32 Å². The van der Waals surface area contributed by atoms with Crippen molar-refractivity contribution in [2.45, 2.75) is 30.1 Å². The molecule has 3 heteroatoms. The van der Waals surface area contributed by atoms with Crippen molar-refractivity contribution >= 4 is 15.9 Å². The first-order valence-corrected chi connectivity index (χ1v) is 5.71. The zero-order valence-corrected chi connectivity index (χ0v) is 8.76. The van der Waals surface area contributed by atoms with Gasteiger partial charge in [0.25, 0.3) is 0 Å². The molecule has 12 heavy (non-hydrogen) atoms. The van der Waals surface area contributed by atoms with Crippen LogP contribution in [-0.4, -0.2) is 29.1 Å². The molecule has 0 bridgehead atoms. The van der Waals surface area contributed by atoms with E-state index >= 15 is 0 Å². The SMILES string of the molecule is OCC1CCC2C(Br)CNC2C1. The smallest absolute Gasteiger partial charge is 0.0459 e. The van der Waals surface area contributed by atoms with Crippen molar-refractivity contribution in [1.82, 2.24) is 5.32 Å². The molecule has 4 atom stereocenters. The summed E-state index contributed by atoms with van der Waals surface area (Å²) in [5, 5.41) is 12.6. The van der Waals surface area contributed by atoms with E-state index < -0.39 is 0 Å². The van der Waals surface area contributed by atoms with Gasteiger partial charge in [0.1, 0.15) is 0 Å². The summed E-state index contributed by atoms with van der Waals surface area (Å²) in [7, 11) is 0. The topological polar surface area (TPSA) is 32.3 Å². The van der Waals surface area contributed by atoms with Crippen LogP contribution in [0, 0.1) is 11.8 Å². The molecule has 2 nitrogen and oxygen atoms in total. The van der Waals surface area contributed by atoms with Crippen LogP contribution in [-0.2, 0) is 0 Å². The van der Waals surface area contributed by atoms with Crippen LogP contribution in [0.1, 0.15) is 19.3 Å².